The highest BCUT2D eigenvalue weighted by molar-refractivity contribution is 7.90. The number of nitrogens with two attached hydrogens (primary N) is 1. The Morgan fingerprint density at radius 1 is 0.690 bits per heavy atom. The van der Waals surface area contributed by atoms with E-state index in [0.717, 1.165) is 17.2 Å². The molecule has 6 nitrogen and oxygen atoms in total. The van der Waals surface area contributed by atoms with Gasteiger partial charge in [0, 0.05) is 13.1 Å². The maximum absolute atomic E-state index is 13.3. The monoisotopic (exact) mass is 430 g/mol. The number of rotatable bonds is 8. The number of benzene rings is 3. The number of hydrogen-bond acceptors (Lipinski definition) is 4. The smallest absolute Gasteiger partial charge is 0.225 e. The molecule has 0 aliphatic rings. The van der Waals surface area contributed by atoms with Gasteiger partial charge < -0.3 is 0 Å². The largest absolute Gasteiger partial charge is 0.243 e. The van der Waals surface area contributed by atoms with Gasteiger partial charge in [-0.25, -0.2) is 22.0 Å². The predicted octanol–water partition coefficient (Wildman–Crippen LogP) is 2.77. The second-order valence-electron chi connectivity index (χ2n) is 6.58. The quantitative estimate of drug-likeness (QED) is 0.594. The number of hydrogen-bond donors (Lipinski definition) is 1. The highest BCUT2D eigenvalue weighted by Crippen LogP contribution is 2.21. The van der Waals surface area contributed by atoms with E-state index in [1.807, 2.05) is 60.7 Å². The van der Waals surface area contributed by atoms with Crippen LogP contribution in [0.3, 0.4) is 0 Å². The SMILES string of the molecule is NS(=O)(=O)c1cccc(S(=O)(=O)N(CCc2ccccc2)Cc2ccccc2)c1. The van der Waals surface area contributed by atoms with Gasteiger partial charge in [-0.2, -0.15) is 4.31 Å². The van der Waals surface area contributed by atoms with E-state index in [0.29, 0.717) is 6.42 Å². The van der Waals surface area contributed by atoms with Crippen LogP contribution in [0, 0.1) is 0 Å². The number of primary sulfonamides is 1. The minimum absolute atomic E-state index is 0.104. The van der Waals surface area contributed by atoms with E-state index in [2.05, 4.69) is 0 Å². The Hall–Kier alpha value is -2.52. The zero-order valence-corrected chi connectivity index (χ0v) is 17.3. The minimum atomic E-state index is -4.01. The van der Waals surface area contributed by atoms with Crippen molar-refractivity contribution < 1.29 is 16.8 Å². The lowest BCUT2D eigenvalue weighted by molar-refractivity contribution is 0.409. The van der Waals surface area contributed by atoms with Gasteiger partial charge >= 0.3 is 0 Å². The lowest BCUT2D eigenvalue weighted by atomic mass is 10.1. The van der Waals surface area contributed by atoms with Crippen molar-refractivity contribution in [2.75, 3.05) is 6.54 Å². The van der Waals surface area contributed by atoms with Crippen molar-refractivity contribution in [1.29, 1.82) is 0 Å². The Kier molecular flexibility index (Phi) is 6.49. The minimum Gasteiger partial charge on any atom is -0.225 e. The van der Waals surface area contributed by atoms with E-state index in [9.17, 15) is 16.8 Å². The Morgan fingerprint density at radius 3 is 1.83 bits per heavy atom. The average Bonchev–Trinajstić information content (AvgIpc) is 2.72. The summed E-state index contributed by atoms with van der Waals surface area (Å²) >= 11 is 0. The molecule has 0 heterocycles. The van der Waals surface area contributed by atoms with Gasteiger partial charge in [-0.15, -0.1) is 0 Å². The van der Waals surface area contributed by atoms with E-state index >= 15 is 0 Å². The fourth-order valence-electron chi connectivity index (χ4n) is 2.93. The molecule has 3 aromatic carbocycles. The van der Waals surface area contributed by atoms with Crippen LogP contribution in [0.4, 0.5) is 0 Å². The zero-order chi connectivity index (χ0) is 20.9. The van der Waals surface area contributed by atoms with Crippen LogP contribution in [-0.2, 0) is 33.0 Å². The first-order valence-electron chi connectivity index (χ1n) is 8.98. The van der Waals surface area contributed by atoms with Gasteiger partial charge in [0.1, 0.15) is 0 Å². The van der Waals surface area contributed by atoms with Gasteiger partial charge in [0.15, 0.2) is 0 Å². The fraction of sp³-hybridized carbons (Fsp3) is 0.143. The maximum Gasteiger partial charge on any atom is 0.243 e. The Bertz CT molecular complexity index is 1160. The topological polar surface area (TPSA) is 97.5 Å². The number of nitrogens with zero attached hydrogens (tertiary/aromatic N) is 1. The second-order valence-corrected chi connectivity index (χ2v) is 10.1. The van der Waals surface area contributed by atoms with Crippen molar-refractivity contribution in [3.05, 3.63) is 96.1 Å². The molecule has 0 aromatic heterocycles. The number of sulfonamides is 2. The summed E-state index contributed by atoms with van der Waals surface area (Å²) in [5, 5.41) is 5.17. The van der Waals surface area contributed by atoms with E-state index < -0.39 is 20.0 Å². The third-order valence-corrected chi connectivity index (χ3v) is 7.22. The molecule has 0 saturated carbocycles. The van der Waals surface area contributed by atoms with E-state index in [1.165, 1.54) is 22.5 Å². The van der Waals surface area contributed by atoms with E-state index in [-0.39, 0.29) is 22.9 Å². The van der Waals surface area contributed by atoms with Gasteiger partial charge in [-0.1, -0.05) is 66.7 Å². The molecule has 8 heteroatoms. The third kappa shape index (κ3) is 5.51. The van der Waals surface area contributed by atoms with E-state index in [1.54, 1.807) is 0 Å². The zero-order valence-electron chi connectivity index (χ0n) is 15.7. The first kappa shape index (κ1) is 21.2. The molecule has 0 spiro atoms. The first-order valence-corrected chi connectivity index (χ1v) is 12.0. The van der Waals surface area contributed by atoms with Crippen LogP contribution in [0.5, 0.6) is 0 Å². The fourth-order valence-corrected chi connectivity index (χ4v) is 5.04. The highest BCUT2D eigenvalue weighted by atomic mass is 32.2. The van der Waals surface area contributed by atoms with Crippen LogP contribution in [0.15, 0.2) is 94.7 Å². The van der Waals surface area contributed by atoms with Crippen LogP contribution < -0.4 is 5.14 Å². The molecule has 0 amide bonds. The van der Waals surface area contributed by atoms with Crippen LogP contribution in [-0.4, -0.2) is 27.7 Å². The van der Waals surface area contributed by atoms with Crippen molar-refractivity contribution >= 4 is 20.0 Å². The van der Waals surface area contributed by atoms with Crippen LogP contribution in [0.1, 0.15) is 11.1 Å². The van der Waals surface area contributed by atoms with Crippen LogP contribution >= 0.6 is 0 Å². The highest BCUT2D eigenvalue weighted by Gasteiger charge is 2.26. The molecular weight excluding hydrogens is 408 g/mol. The second kappa shape index (κ2) is 8.87. The van der Waals surface area contributed by atoms with Gasteiger partial charge in [-0.3, -0.25) is 0 Å². The van der Waals surface area contributed by atoms with Gasteiger partial charge in [0.25, 0.3) is 0 Å². The lowest BCUT2D eigenvalue weighted by Gasteiger charge is -2.23. The Labute approximate surface area is 171 Å². The average molecular weight is 431 g/mol. The van der Waals surface area contributed by atoms with Crippen LogP contribution in [0.2, 0.25) is 0 Å². The molecule has 152 valence electrons. The van der Waals surface area contributed by atoms with Gasteiger partial charge in [0.05, 0.1) is 9.79 Å². The van der Waals surface area contributed by atoms with Crippen LogP contribution in [0.25, 0.3) is 0 Å². The summed E-state index contributed by atoms with van der Waals surface area (Å²) in [6, 6.07) is 24.0. The molecule has 0 bridgehead atoms. The van der Waals surface area contributed by atoms with Crippen molar-refractivity contribution in [3.8, 4) is 0 Å². The molecule has 3 rings (SSSR count). The van der Waals surface area contributed by atoms with Crippen molar-refractivity contribution in [2.24, 2.45) is 5.14 Å². The molecule has 0 unspecified atom stereocenters. The summed E-state index contributed by atoms with van der Waals surface area (Å²) in [5.74, 6) is 0. The van der Waals surface area contributed by atoms with Crippen molar-refractivity contribution in [3.63, 3.8) is 0 Å². The normalized spacial score (nSPS) is 12.2. The van der Waals surface area contributed by atoms with Crippen molar-refractivity contribution in [1.82, 2.24) is 4.31 Å². The lowest BCUT2D eigenvalue weighted by Crippen LogP contribution is -2.32. The summed E-state index contributed by atoms with van der Waals surface area (Å²) in [4.78, 5) is -0.339. The molecule has 0 atom stereocenters. The maximum atomic E-state index is 13.3. The van der Waals surface area contributed by atoms with Gasteiger partial charge in [0.2, 0.25) is 20.0 Å². The van der Waals surface area contributed by atoms with Crippen molar-refractivity contribution in [2.45, 2.75) is 22.8 Å². The molecule has 0 radical (unpaired) electrons. The molecule has 0 aliphatic carbocycles. The first-order chi connectivity index (χ1) is 13.8. The summed E-state index contributed by atoms with van der Waals surface area (Å²) in [7, 11) is -7.95. The Morgan fingerprint density at radius 2 is 1.24 bits per heavy atom. The molecule has 0 aliphatic heterocycles. The van der Waals surface area contributed by atoms with E-state index in [4.69, 9.17) is 5.14 Å². The molecular formula is C21H22N2O4S2. The molecule has 3 aromatic rings. The molecule has 0 saturated heterocycles. The summed E-state index contributed by atoms with van der Waals surface area (Å²) in [6.07, 6.45) is 0.530. The molecule has 29 heavy (non-hydrogen) atoms. The third-order valence-electron chi connectivity index (χ3n) is 4.47. The summed E-state index contributed by atoms with van der Waals surface area (Å²) in [5.41, 5.74) is 1.85. The predicted molar refractivity (Wildman–Crippen MR) is 112 cm³/mol. The summed E-state index contributed by atoms with van der Waals surface area (Å²) < 4.78 is 51.3. The standard InChI is InChI=1S/C21H22N2O4S2/c22-28(24,25)20-12-7-13-21(16-20)29(26,27)23(17-19-10-5-2-6-11-19)15-14-18-8-3-1-4-9-18/h1-13,16H,14-15,17H2,(H2,22,24,25). The Balaban J connectivity index is 1.95. The van der Waals surface area contributed by atoms with Gasteiger partial charge in [-0.05, 0) is 35.7 Å². The summed E-state index contributed by atoms with van der Waals surface area (Å²) in [6.45, 7) is 0.427. The molecule has 2 N–H and O–H groups in total. The molecule has 0 fully saturated rings.